The Bertz CT molecular complexity index is 656. The minimum atomic E-state index is -0.399. The number of ketones is 1. The van der Waals surface area contributed by atoms with Crippen LogP contribution in [0.3, 0.4) is 0 Å². The van der Waals surface area contributed by atoms with Crippen LogP contribution in [-0.2, 0) is 6.42 Å². The lowest BCUT2D eigenvalue weighted by Crippen LogP contribution is -2.07. The molecule has 0 aromatic heterocycles. The summed E-state index contributed by atoms with van der Waals surface area (Å²) >= 11 is 6.50. The molecule has 0 aliphatic rings. The summed E-state index contributed by atoms with van der Waals surface area (Å²) in [6, 6.07) is 9.80. The van der Waals surface area contributed by atoms with E-state index in [1.807, 2.05) is 0 Å². The molecule has 5 heteroatoms. The minimum Gasteiger partial charge on any atom is -0.496 e. The van der Waals surface area contributed by atoms with E-state index in [0.29, 0.717) is 21.3 Å². The Morgan fingerprint density at radius 2 is 1.80 bits per heavy atom. The molecule has 0 atom stereocenters. The van der Waals surface area contributed by atoms with Crippen LogP contribution < -0.4 is 4.74 Å². The molecule has 0 aliphatic carbocycles. The molecule has 2 rings (SSSR count). The first kappa shape index (κ1) is 15.2. The lowest BCUT2D eigenvalue weighted by atomic mass is 10.0. The summed E-state index contributed by atoms with van der Waals surface area (Å²) in [5, 5.41) is 0. The van der Waals surface area contributed by atoms with E-state index >= 15 is 0 Å². The van der Waals surface area contributed by atoms with Crippen LogP contribution in [-0.4, -0.2) is 12.9 Å². The van der Waals surface area contributed by atoms with Gasteiger partial charge >= 0.3 is 0 Å². The van der Waals surface area contributed by atoms with Crippen molar-refractivity contribution in [1.82, 2.24) is 0 Å². The fourth-order valence-electron chi connectivity index (χ4n) is 1.83. The molecule has 0 aliphatic heterocycles. The van der Waals surface area contributed by atoms with Gasteiger partial charge in [-0.2, -0.15) is 0 Å². The van der Waals surface area contributed by atoms with Crippen molar-refractivity contribution < 1.29 is 13.9 Å². The summed E-state index contributed by atoms with van der Waals surface area (Å²) in [4.78, 5) is 12.3. The highest BCUT2D eigenvalue weighted by atomic mass is 79.9. The van der Waals surface area contributed by atoms with Gasteiger partial charge in [0.1, 0.15) is 11.6 Å². The molecule has 0 amide bonds. The quantitative estimate of drug-likeness (QED) is 0.688. The van der Waals surface area contributed by atoms with Gasteiger partial charge in [0.25, 0.3) is 0 Å². The number of carbonyl (C=O) groups is 1. The van der Waals surface area contributed by atoms with Crippen molar-refractivity contribution in [3.05, 3.63) is 62.3 Å². The van der Waals surface area contributed by atoms with Gasteiger partial charge in [-0.25, -0.2) is 4.39 Å². The molecule has 0 heterocycles. The van der Waals surface area contributed by atoms with Crippen LogP contribution in [0.25, 0.3) is 0 Å². The van der Waals surface area contributed by atoms with E-state index in [1.54, 1.807) is 30.3 Å². The summed E-state index contributed by atoms with van der Waals surface area (Å²) in [7, 11) is 1.50. The van der Waals surface area contributed by atoms with E-state index in [1.165, 1.54) is 13.2 Å². The average Bonchev–Trinajstić information content (AvgIpc) is 2.41. The van der Waals surface area contributed by atoms with Crippen LogP contribution in [0, 0.1) is 5.82 Å². The molecule has 0 radical (unpaired) electrons. The molecule has 20 heavy (non-hydrogen) atoms. The molecule has 104 valence electrons. The number of ether oxygens (including phenoxy) is 1. The number of benzene rings is 2. The normalized spacial score (nSPS) is 10.4. The van der Waals surface area contributed by atoms with E-state index in [4.69, 9.17) is 4.74 Å². The standard InChI is InChI=1S/C15H11Br2FO2/c1-20-15-8-11(17)4-5-12(15)14(19)6-9-2-3-10(16)7-13(9)18/h2-5,7-8H,6H2,1H3. The second-order valence-electron chi connectivity index (χ2n) is 4.18. The Labute approximate surface area is 133 Å². The largest absolute Gasteiger partial charge is 0.496 e. The maximum atomic E-state index is 13.8. The molecule has 0 saturated carbocycles. The Morgan fingerprint density at radius 1 is 1.15 bits per heavy atom. The highest BCUT2D eigenvalue weighted by Gasteiger charge is 2.15. The maximum Gasteiger partial charge on any atom is 0.171 e. The second kappa shape index (κ2) is 6.50. The van der Waals surface area contributed by atoms with Crippen LogP contribution >= 0.6 is 31.9 Å². The first-order valence-corrected chi connectivity index (χ1v) is 7.40. The number of halogens is 3. The highest BCUT2D eigenvalue weighted by Crippen LogP contribution is 2.25. The average molecular weight is 402 g/mol. The van der Waals surface area contributed by atoms with Crippen LogP contribution in [0.1, 0.15) is 15.9 Å². The van der Waals surface area contributed by atoms with Gasteiger partial charge in [0.2, 0.25) is 0 Å². The molecule has 0 bridgehead atoms. The van der Waals surface area contributed by atoms with E-state index in [2.05, 4.69) is 31.9 Å². The van der Waals surface area contributed by atoms with E-state index in [0.717, 1.165) is 4.47 Å². The summed E-state index contributed by atoms with van der Waals surface area (Å²) in [6.07, 6.45) is -0.00287. The fraction of sp³-hybridized carbons (Fsp3) is 0.133. The van der Waals surface area contributed by atoms with Gasteiger partial charge in [-0.3, -0.25) is 4.79 Å². The van der Waals surface area contributed by atoms with Gasteiger partial charge < -0.3 is 4.74 Å². The Kier molecular flexibility index (Phi) is 4.94. The van der Waals surface area contributed by atoms with Gasteiger partial charge in [-0.15, -0.1) is 0 Å². The van der Waals surface area contributed by atoms with Crippen molar-refractivity contribution in [2.24, 2.45) is 0 Å². The fourth-order valence-corrected chi connectivity index (χ4v) is 2.50. The number of hydrogen-bond acceptors (Lipinski definition) is 2. The van der Waals surface area contributed by atoms with Gasteiger partial charge in [0, 0.05) is 15.4 Å². The van der Waals surface area contributed by atoms with Crippen LogP contribution in [0.4, 0.5) is 4.39 Å². The van der Waals surface area contributed by atoms with Gasteiger partial charge in [0.15, 0.2) is 5.78 Å². The summed E-state index contributed by atoms with van der Waals surface area (Å²) in [5.41, 5.74) is 0.807. The lowest BCUT2D eigenvalue weighted by molar-refractivity contribution is 0.0989. The Hall–Kier alpha value is -1.20. The third-order valence-electron chi connectivity index (χ3n) is 2.83. The third-order valence-corrected chi connectivity index (χ3v) is 3.82. The summed E-state index contributed by atoms with van der Waals surface area (Å²) in [5.74, 6) is -0.110. The minimum absolute atomic E-state index is 0.00287. The predicted octanol–water partition coefficient (Wildman–Crippen LogP) is 4.78. The number of rotatable bonds is 4. The molecule has 0 fully saturated rings. The van der Waals surface area contributed by atoms with Crippen molar-refractivity contribution in [2.75, 3.05) is 7.11 Å². The van der Waals surface area contributed by atoms with Crippen molar-refractivity contribution in [3.8, 4) is 5.75 Å². The van der Waals surface area contributed by atoms with Gasteiger partial charge in [0.05, 0.1) is 12.7 Å². The zero-order chi connectivity index (χ0) is 14.7. The highest BCUT2D eigenvalue weighted by molar-refractivity contribution is 9.10. The van der Waals surface area contributed by atoms with E-state index < -0.39 is 5.82 Å². The number of carbonyl (C=O) groups excluding carboxylic acids is 1. The molecule has 2 aromatic rings. The summed E-state index contributed by atoms with van der Waals surface area (Å²) in [6.45, 7) is 0. The number of hydrogen-bond donors (Lipinski definition) is 0. The predicted molar refractivity (Wildman–Crippen MR) is 82.8 cm³/mol. The number of methoxy groups -OCH3 is 1. The molecular formula is C15H11Br2FO2. The molecular weight excluding hydrogens is 391 g/mol. The first-order valence-electron chi connectivity index (χ1n) is 5.82. The second-order valence-corrected chi connectivity index (χ2v) is 6.01. The van der Waals surface area contributed by atoms with Crippen LogP contribution in [0.15, 0.2) is 45.3 Å². The summed E-state index contributed by atoms with van der Waals surface area (Å²) < 4.78 is 20.4. The molecule has 0 spiro atoms. The molecule has 0 N–H and O–H groups in total. The van der Waals surface area contributed by atoms with Crippen molar-refractivity contribution in [3.63, 3.8) is 0 Å². The van der Waals surface area contributed by atoms with Gasteiger partial charge in [-0.05, 0) is 35.9 Å². The zero-order valence-electron chi connectivity index (χ0n) is 10.6. The zero-order valence-corrected chi connectivity index (χ0v) is 13.8. The van der Waals surface area contributed by atoms with E-state index in [9.17, 15) is 9.18 Å². The Balaban J connectivity index is 2.28. The molecule has 2 aromatic carbocycles. The lowest BCUT2D eigenvalue weighted by Gasteiger charge is -2.09. The Morgan fingerprint density at radius 3 is 2.45 bits per heavy atom. The van der Waals surface area contributed by atoms with Crippen LogP contribution in [0.5, 0.6) is 5.75 Å². The van der Waals surface area contributed by atoms with Crippen LogP contribution in [0.2, 0.25) is 0 Å². The van der Waals surface area contributed by atoms with E-state index in [-0.39, 0.29) is 12.2 Å². The monoisotopic (exact) mass is 400 g/mol. The smallest absolute Gasteiger partial charge is 0.171 e. The maximum absolute atomic E-state index is 13.8. The van der Waals surface area contributed by atoms with Crippen molar-refractivity contribution in [1.29, 1.82) is 0 Å². The van der Waals surface area contributed by atoms with Crippen molar-refractivity contribution in [2.45, 2.75) is 6.42 Å². The van der Waals surface area contributed by atoms with Crippen molar-refractivity contribution >= 4 is 37.6 Å². The van der Waals surface area contributed by atoms with Gasteiger partial charge in [-0.1, -0.05) is 37.9 Å². The molecule has 0 unspecified atom stereocenters. The SMILES string of the molecule is COc1cc(Br)ccc1C(=O)Cc1ccc(Br)cc1F. The third kappa shape index (κ3) is 3.46. The molecule has 2 nitrogen and oxygen atoms in total. The first-order chi connectivity index (χ1) is 9.51. The molecule has 0 saturated heterocycles. The topological polar surface area (TPSA) is 26.3 Å². The number of Topliss-reactive ketones (excluding diaryl/α,β-unsaturated/α-hetero) is 1.